The van der Waals surface area contributed by atoms with Gasteiger partial charge in [-0.25, -0.2) is 9.59 Å². The second kappa shape index (κ2) is 9.79. The molecule has 0 aromatic rings. The van der Waals surface area contributed by atoms with Crippen molar-refractivity contribution in [2.45, 2.75) is 0 Å². The van der Waals surface area contributed by atoms with Gasteiger partial charge in [0.15, 0.2) is 0 Å². The Bertz CT molecular complexity index is 212. The van der Waals surface area contributed by atoms with E-state index in [0.717, 1.165) is 0 Å². The van der Waals surface area contributed by atoms with Gasteiger partial charge in [-0.3, -0.25) is 0 Å². The van der Waals surface area contributed by atoms with Crippen molar-refractivity contribution >= 4 is 20.2 Å². The van der Waals surface area contributed by atoms with Crippen LogP contribution in [0.4, 0.5) is 0 Å². The van der Waals surface area contributed by atoms with Crippen LogP contribution in [0.25, 0.3) is 0 Å². The molecule has 0 saturated heterocycles. The number of rotatable bonds is 4. The molecule has 0 atom stereocenters. The molecule has 0 amide bonds. The molecule has 0 aromatic heterocycles. The molecular formula is C6H10O7P+. The molecule has 2 N–H and O–H groups in total. The van der Waals surface area contributed by atoms with Gasteiger partial charge in [0.25, 0.3) is 0 Å². The van der Waals surface area contributed by atoms with Crippen LogP contribution in [0.5, 0.6) is 0 Å². The number of carboxylic acid groups (broad SMARTS) is 2. The van der Waals surface area contributed by atoms with Gasteiger partial charge in [0.1, 0.15) is 0 Å². The van der Waals surface area contributed by atoms with Crippen molar-refractivity contribution in [3.63, 3.8) is 0 Å². The summed E-state index contributed by atoms with van der Waals surface area (Å²) in [6.45, 7) is 0. The first kappa shape index (κ1) is 15.2. The highest BCUT2D eigenvalue weighted by molar-refractivity contribution is 7.33. The number of aliphatic carboxylic acids is 2. The molecule has 0 aliphatic heterocycles. The van der Waals surface area contributed by atoms with E-state index >= 15 is 0 Å². The highest BCUT2D eigenvalue weighted by Crippen LogP contribution is 2.18. The van der Waals surface area contributed by atoms with Gasteiger partial charge in [0.2, 0.25) is 0 Å². The molecule has 0 saturated carbocycles. The predicted octanol–water partition coefficient (Wildman–Crippen LogP) is 0.648. The van der Waals surface area contributed by atoms with Gasteiger partial charge < -0.3 is 10.2 Å². The van der Waals surface area contributed by atoms with E-state index in [-0.39, 0.29) is 0 Å². The van der Waals surface area contributed by atoms with Crippen LogP contribution < -0.4 is 0 Å². The molecule has 0 rings (SSSR count). The summed E-state index contributed by atoms with van der Waals surface area (Å²) in [5, 5.41) is 15.6. The molecule has 0 radical (unpaired) electrons. The quantitative estimate of drug-likeness (QED) is 0.533. The van der Waals surface area contributed by atoms with E-state index in [1.807, 2.05) is 0 Å². The minimum Gasteiger partial charge on any atom is -0.478 e. The zero-order chi connectivity index (χ0) is 11.6. The fraction of sp³-hybridized carbons (Fsp3) is 0.333. The van der Waals surface area contributed by atoms with Crippen molar-refractivity contribution in [2.75, 3.05) is 14.2 Å². The van der Waals surface area contributed by atoms with Crippen molar-refractivity contribution in [1.82, 2.24) is 0 Å². The van der Waals surface area contributed by atoms with E-state index in [9.17, 15) is 14.2 Å². The van der Waals surface area contributed by atoms with Gasteiger partial charge in [0, 0.05) is 16.7 Å². The lowest BCUT2D eigenvalue weighted by molar-refractivity contribution is -0.134. The van der Waals surface area contributed by atoms with Crippen LogP contribution in [0.1, 0.15) is 0 Å². The maximum Gasteiger partial charge on any atom is 0.696 e. The molecule has 0 spiro atoms. The second-order valence-electron chi connectivity index (χ2n) is 1.60. The summed E-state index contributed by atoms with van der Waals surface area (Å²) in [7, 11) is 0.817. The summed E-state index contributed by atoms with van der Waals surface area (Å²) in [4.78, 5) is 19.1. The van der Waals surface area contributed by atoms with Crippen LogP contribution >= 0.6 is 8.25 Å². The summed E-state index contributed by atoms with van der Waals surface area (Å²) in [6, 6.07) is 0. The average Bonchev–Trinajstić information content (AvgIpc) is 2.14. The Labute approximate surface area is 80.9 Å². The van der Waals surface area contributed by atoms with Crippen LogP contribution in [0.3, 0.4) is 0 Å². The van der Waals surface area contributed by atoms with E-state index in [1.54, 1.807) is 0 Å². The number of hydrogen-bond donors (Lipinski definition) is 2. The largest absolute Gasteiger partial charge is 0.696 e. The molecule has 0 unspecified atom stereocenters. The van der Waals surface area contributed by atoms with Crippen LogP contribution in [0, 0.1) is 0 Å². The predicted molar refractivity (Wildman–Crippen MR) is 46.0 cm³/mol. The molecule has 14 heavy (non-hydrogen) atoms. The first-order valence-electron chi connectivity index (χ1n) is 3.13. The van der Waals surface area contributed by atoms with Crippen LogP contribution in [-0.2, 0) is 23.2 Å². The monoisotopic (exact) mass is 225 g/mol. The van der Waals surface area contributed by atoms with Gasteiger partial charge in [-0.1, -0.05) is 0 Å². The summed E-state index contributed by atoms with van der Waals surface area (Å²) < 4.78 is 18.3. The minimum atomic E-state index is -1.83. The first-order valence-corrected chi connectivity index (χ1v) is 4.23. The Kier molecular flexibility index (Phi) is 10.6. The zero-order valence-electron chi connectivity index (χ0n) is 7.54. The van der Waals surface area contributed by atoms with Crippen molar-refractivity contribution in [1.29, 1.82) is 0 Å². The Morgan fingerprint density at radius 2 is 1.36 bits per heavy atom. The van der Waals surface area contributed by atoms with Gasteiger partial charge in [-0.05, 0) is 0 Å². The molecule has 0 bridgehead atoms. The molecule has 0 aromatic carbocycles. The van der Waals surface area contributed by atoms with E-state index in [1.165, 1.54) is 14.2 Å². The van der Waals surface area contributed by atoms with E-state index in [0.29, 0.717) is 12.2 Å². The summed E-state index contributed by atoms with van der Waals surface area (Å²) in [6.07, 6.45) is 1.12. The van der Waals surface area contributed by atoms with Crippen LogP contribution in [0.2, 0.25) is 0 Å². The standard InChI is InChI=1S/C4H4O4.C2H6O3P/c5-3(6)1-2-4(7)8;1-4-6(3)5-2/h1-2H,(H,5,6)(H,7,8);1-2H3/q;+1/b2-1-;. The van der Waals surface area contributed by atoms with Crippen molar-refractivity contribution in [2.24, 2.45) is 0 Å². The molecule has 0 aliphatic rings. The van der Waals surface area contributed by atoms with Gasteiger partial charge in [-0.2, -0.15) is 0 Å². The van der Waals surface area contributed by atoms with Crippen molar-refractivity contribution < 1.29 is 33.4 Å². The van der Waals surface area contributed by atoms with Crippen LogP contribution in [-0.4, -0.2) is 36.4 Å². The Morgan fingerprint density at radius 3 is 1.43 bits per heavy atom. The second-order valence-corrected chi connectivity index (χ2v) is 2.78. The average molecular weight is 225 g/mol. The fourth-order valence-corrected chi connectivity index (χ4v) is 0.366. The van der Waals surface area contributed by atoms with Crippen molar-refractivity contribution in [3.8, 4) is 0 Å². The lowest BCUT2D eigenvalue weighted by Gasteiger charge is -1.74. The SMILES string of the molecule is CO[P+](=O)OC.O=C(O)/C=C\C(=O)O. The maximum absolute atomic E-state index is 9.88. The van der Waals surface area contributed by atoms with Crippen molar-refractivity contribution in [3.05, 3.63) is 12.2 Å². The lowest BCUT2D eigenvalue weighted by atomic mass is 10.5. The number of carboxylic acids is 2. The van der Waals surface area contributed by atoms with Gasteiger partial charge >= 0.3 is 20.2 Å². The Morgan fingerprint density at radius 1 is 1.07 bits per heavy atom. The highest BCUT2D eigenvalue weighted by atomic mass is 31.1. The Hall–Kier alpha value is -1.30. The zero-order valence-corrected chi connectivity index (χ0v) is 8.43. The maximum atomic E-state index is 9.88. The molecule has 80 valence electrons. The molecule has 0 fully saturated rings. The third kappa shape index (κ3) is 17.0. The van der Waals surface area contributed by atoms with E-state index in [4.69, 9.17) is 10.2 Å². The molecular weight excluding hydrogens is 215 g/mol. The summed E-state index contributed by atoms with van der Waals surface area (Å²) >= 11 is 0. The molecule has 0 heterocycles. The summed E-state index contributed by atoms with van der Waals surface area (Å²) in [5.41, 5.74) is 0. The minimum absolute atomic E-state index is 0.558. The van der Waals surface area contributed by atoms with Crippen LogP contribution in [0.15, 0.2) is 12.2 Å². The number of hydrogen-bond acceptors (Lipinski definition) is 5. The Balaban J connectivity index is 0. The normalized spacial score (nSPS) is 9.00. The van der Waals surface area contributed by atoms with Gasteiger partial charge in [-0.15, -0.1) is 9.05 Å². The van der Waals surface area contributed by atoms with E-state index in [2.05, 4.69) is 9.05 Å². The third-order valence-electron chi connectivity index (χ3n) is 0.667. The topological polar surface area (TPSA) is 110 Å². The van der Waals surface area contributed by atoms with Gasteiger partial charge in [0.05, 0.1) is 14.2 Å². The first-order chi connectivity index (χ1) is 6.43. The smallest absolute Gasteiger partial charge is 0.478 e. The van der Waals surface area contributed by atoms with E-state index < -0.39 is 20.2 Å². The highest BCUT2D eigenvalue weighted by Gasteiger charge is 2.10. The molecule has 8 heteroatoms. The number of carbonyl (C=O) groups is 2. The third-order valence-corrected chi connectivity index (χ3v) is 1.26. The molecule has 7 nitrogen and oxygen atoms in total. The lowest BCUT2D eigenvalue weighted by Crippen LogP contribution is -1.91. The summed E-state index contributed by atoms with van der Waals surface area (Å²) in [5.74, 6) is -2.51. The molecule has 0 aliphatic carbocycles. The fourth-order valence-electron chi connectivity index (χ4n) is 0.217.